The molecule has 34 heavy (non-hydrogen) atoms. The number of benzene rings is 3. The Hall–Kier alpha value is -3.48. The third-order valence-corrected chi connectivity index (χ3v) is 6.42. The lowest BCUT2D eigenvalue weighted by Gasteiger charge is -2.29. The maximum Gasteiger partial charge on any atom is 0.344 e. The average molecular weight is 478 g/mol. The van der Waals surface area contributed by atoms with Crippen LogP contribution in [0.15, 0.2) is 63.8 Å². The maximum absolute atomic E-state index is 13.0. The molecule has 5 rings (SSSR count). The van der Waals surface area contributed by atoms with Gasteiger partial charge in [0.05, 0.1) is 25.3 Å². The van der Waals surface area contributed by atoms with Crippen LogP contribution >= 0.6 is 11.6 Å². The molecule has 0 radical (unpaired) electrons. The molecule has 0 aliphatic carbocycles. The summed E-state index contributed by atoms with van der Waals surface area (Å²) >= 11 is 6.02. The van der Waals surface area contributed by atoms with Crippen molar-refractivity contribution in [2.24, 2.45) is 0 Å². The second-order valence-electron chi connectivity index (χ2n) is 8.27. The van der Waals surface area contributed by atoms with Crippen molar-refractivity contribution >= 4 is 22.6 Å². The average Bonchev–Trinajstić information content (AvgIpc) is 2.85. The van der Waals surface area contributed by atoms with E-state index in [2.05, 4.69) is 4.90 Å². The van der Waals surface area contributed by atoms with Gasteiger partial charge >= 0.3 is 5.63 Å². The number of hydrogen-bond acceptors (Lipinski definition) is 6. The molecule has 6 nitrogen and oxygen atoms in total. The number of aryl methyl sites for hydroxylation is 1. The topological polar surface area (TPSA) is 61.1 Å². The quantitative estimate of drug-likeness (QED) is 0.339. The summed E-state index contributed by atoms with van der Waals surface area (Å²) in [4.78, 5) is 15.2. The lowest BCUT2D eigenvalue weighted by atomic mass is 9.97. The summed E-state index contributed by atoms with van der Waals surface area (Å²) in [7, 11) is 3.24. The molecular weight excluding hydrogens is 454 g/mol. The van der Waals surface area contributed by atoms with Gasteiger partial charge < -0.3 is 18.6 Å². The Morgan fingerprint density at radius 3 is 2.50 bits per heavy atom. The number of hydrogen-bond donors (Lipinski definition) is 0. The van der Waals surface area contributed by atoms with Crippen molar-refractivity contribution in [3.05, 3.63) is 86.7 Å². The van der Waals surface area contributed by atoms with E-state index in [4.69, 9.17) is 30.2 Å². The van der Waals surface area contributed by atoms with Crippen LogP contribution in [0.25, 0.3) is 22.1 Å². The summed E-state index contributed by atoms with van der Waals surface area (Å²) < 4.78 is 22.7. The second-order valence-corrected chi connectivity index (χ2v) is 8.70. The molecule has 0 N–H and O–H groups in total. The standard InChI is InChI=1S/C27H24ClNO5/c1-16-20-9-11-22-21(26(20)34-27(30)25(16)18-5-7-19(28)8-6-18)14-29(15-33-22)13-17-4-10-23(31-2)24(12-17)32-3/h4-12H,13-15H2,1-3H3. The van der Waals surface area contributed by atoms with Gasteiger partial charge in [-0.15, -0.1) is 0 Å². The van der Waals surface area contributed by atoms with Crippen molar-refractivity contribution in [1.82, 2.24) is 4.90 Å². The minimum absolute atomic E-state index is 0.377. The molecule has 1 aromatic heterocycles. The molecule has 0 atom stereocenters. The normalized spacial score (nSPS) is 13.4. The number of rotatable bonds is 5. The number of methoxy groups -OCH3 is 2. The first-order valence-corrected chi connectivity index (χ1v) is 11.3. The fourth-order valence-electron chi connectivity index (χ4n) is 4.46. The Labute approximate surface area is 202 Å². The predicted molar refractivity (Wildman–Crippen MR) is 132 cm³/mol. The Kier molecular flexibility index (Phi) is 5.94. The fourth-order valence-corrected chi connectivity index (χ4v) is 4.58. The molecular formula is C27H24ClNO5. The third kappa shape index (κ3) is 4.00. The van der Waals surface area contributed by atoms with Crippen LogP contribution in [0.2, 0.25) is 5.02 Å². The molecule has 174 valence electrons. The van der Waals surface area contributed by atoms with E-state index in [1.807, 2.05) is 49.4 Å². The summed E-state index contributed by atoms with van der Waals surface area (Å²) in [6, 6.07) is 17.0. The largest absolute Gasteiger partial charge is 0.493 e. The van der Waals surface area contributed by atoms with Crippen molar-refractivity contribution in [2.75, 3.05) is 21.0 Å². The van der Waals surface area contributed by atoms with Crippen LogP contribution in [0, 0.1) is 6.92 Å². The first-order chi connectivity index (χ1) is 16.5. The van der Waals surface area contributed by atoms with Gasteiger partial charge in [-0.05, 0) is 60.0 Å². The summed E-state index contributed by atoms with van der Waals surface area (Å²) in [5.74, 6) is 2.10. The van der Waals surface area contributed by atoms with Crippen molar-refractivity contribution in [3.63, 3.8) is 0 Å². The van der Waals surface area contributed by atoms with Gasteiger partial charge in [0.15, 0.2) is 11.5 Å². The zero-order valence-electron chi connectivity index (χ0n) is 19.2. The Morgan fingerprint density at radius 2 is 1.76 bits per heavy atom. The summed E-state index contributed by atoms with van der Waals surface area (Å²) in [5.41, 5.74) is 4.31. The van der Waals surface area contributed by atoms with Gasteiger partial charge in [-0.3, -0.25) is 4.90 Å². The summed E-state index contributed by atoms with van der Waals surface area (Å²) in [6.07, 6.45) is 0. The van der Waals surface area contributed by atoms with Crippen LogP contribution in [0.1, 0.15) is 16.7 Å². The van der Waals surface area contributed by atoms with E-state index in [-0.39, 0.29) is 5.63 Å². The van der Waals surface area contributed by atoms with Gasteiger partial charge in [0.25, 0.3) is 0 Å². The molecule has 0 bridgehead atoms. The Bertz CT molecular complexity index is 1430. The second kappa shape index (κ2) is 9.05. The molecule has 0 amide bonds. The highest BCUT2D eigenvalue weighted by Crippen LogP contribution is 2.36. The van der Waals surface area contributed by atoms with Crippen LogP contribution in [-0.4, -0.2) is 25.9 Å². The minimum atomic E-state index is -0.377. The molecule has 1 aliphatic rings. The molecule has 0 saturated heterocycles. The molecule has 7 heteroatoms. The first kappa shape index (κ1) is 22.3. The van der Waals surface area contributed by atoms with Crippen LogP contribution in [-0.2, 0) is 13.1 Å². The van der Waals surface area contributed by atoms with Gasteiger partial charge in [-0.25, -0.2) is 4.79 Å². The summed E-state index contributed by atoms with van der Waals surface area (Å²) in [6.45, 7) is 3.60. The van der Waals surface area contributed by atoms with E-state index >= 15 is 0 Å². The van der Waals surface area contributed by atoms with Crippen LogP contribution < -0.4 is 19.8 Å². The van der Waals surface area contributed by atoms with Gasteiger partial charge in [0.2, 0.25) is 0 Å². The molecule has 2 heterocycles. The lowest BCUT2D eigenvalue weighted by Crippen LogP contribution is -2.31. The highest BCUT2D eigenvalue weighted by atomic mass is 35.5. The van der Waals surface area contributed by atoms with Crippen molar-refractivity contribution < 1.29 is 18.6 Å². The van der Waals surface area contributed by atoms with E-state index < -0.39 is 0 Å². The minimum Gasteiger partial charge on any atom is -0.493 e. The van der Waals surface area contributed by atoms with E-state index in [1.165, 1.54) is 0 Å². The van der Waals surface area contributed by atoms with Crippen molar-refractivity contribution in [1.29, 1.82) is 0 Å². The molecule has 0 fully saturated rings. The SMILES string of the molecule is COc1ccc(CN2COc3ccc4c(C)c(-c5ccc(Cl)cc5)c(=O)oc4c3C2)cc1OC. The molecule has 0 spiro atoms. The van der Waals surface area contributed by atoms with E-state index in [9.17, 15) is 4.79 Å². The maximum atomic E-state index is 13.0. The van der Waals surface area contributed by atoms with Crippen molar-refractivity contribution in [3.8, 4) is 28.4 Å². The highest BCUT2D eigenvalue weighted by Gasteiger charge is 2.24. The number of nitrogens with zero attached hydrogens (tertiary/aromatic N) is 1. The first-order valence-electron chi connectivity index (χ1n) is 10.9. The number of fused-ring (bicyclic) bond motifs is 3. The molecule has 0 unspecified atom stereocenters. The van der Waals surface area contributed by atoms with Crippen molar-refractivity contribution in [2.45, 2.75) is 20.0 Å². The van der Waals surface area contributed by atoms with Crippen LogP contribution in [0.4, 0.5) is 0 Å². The smallest absolute Gasteiger partial charge is 0.344 e. The molecule has 1 aliphatic heterocycles. The molecule has 0 saturated carbocycles. The number of ether oxygens (including phenoxy) is 3. The van der Waals surface area contributed by atoms with Crippen LogP contribution in [0.3, 0.4) is 0 Å². The zero-order chi connectivity index (χ0) is 23.8. The van der Waals surface area contributed by atoms with E-state index in [1.54, 1.807) is 26.4 Å². The Balaban J connectivity index is 1.50. The fraction of sp³-hybridized carbons (Fsp3) is 0.222. The van der Waals surface area contributed by atoms with Gasteiger partial charge in [-0.2, -0.15) is 0 Å². The summed E-state index contributed by atoms with van der Waals surface area (Å²) in [5, 5.41) is 1.51. The Morgan fingerprint density at radius 1 is 1.00 bits per heavy atom. The molecule has 3 aromatic carbocycles. The van der Waals surface area contributed by atoms with E-state index in [0.717, 1.165) is 33.4 Å². The van der Waals surface area contributed by atoms with Gasteiger partial charge in [0.1, 0.15) is 18.1 Å². The highest BCUT2D eigenvalue weighted by molar-refractivity contribution is 6.30. The van der Waals surface area contributed by atoms with Gasteiger partial charge in [0, 0.05) is 23.5 Å². The van der Waals surface area contributed by atoms with E-state index in [0.29, 0.717) is 47.5 Å². The van der Waals surface area contributed by atoms with Crippen LogP contribution in [0.5, 0.6) is 17.2 Å². The number of halogens is 1. The lowest BCUT2D eigenvalue weighted by molar-refractivity contribution is 0.0889. The van der Waals surface area contributed by atoms with Gasteiger partial charge in [-0.1, -0.05) is 29.8 Å². The monoisotopic (exact) mass is 477 g/mol. The zero-order valence-corrected chi connectivity index (χ0v) is 19.9. The third-order valence-electron chi connectivity index (χ3n) is 6.17. The predicted octanol–water partition coefficient (Wildman–Crippen LogP) is 5.79. The molecule has 4 aromatic rings.